The Morgan fingerprint density at radius 3 is 2.88 bits per heavy atom. The van der Waals surface area contributed by atoms with Crippen LogP contribution in [0.1, 0.15) is 19.3 Å². The van der Waals surface area contributed by atoms with E-state index in [2.05, 4.69) is 20.7 Å². The lowest BCUT2D eigenvalue weighted by Gasteiger charge is -2.31. The number of esters is 1. The van der Waals surface area contributed by atoms with Crippen molar-refractivity contribution in [3.05, 3.63) is 0 Å². The van der Waals surface area contributed by atoms with Gasteiger partial charge in [-0.3, -0.25) is 4.79 Å². The Kier molecular flexibility index (Phi) is 6.50. The number of alkyl halides is 1. The molecule has 0 aromatic carbocycles. The topological polar surface area (TPSA) is 55.8 Å². The minimum atomic E-state index is -0.547. The summed E-state index contributed by atoms with van der Waals surface area (Å²) < 4.78 is 9.69. The van der Waals surface area contributed by atoms with E-state index in [1.165, 1.54) is 0 Å². The van der Waals surface area contributed by atoms with Gasteiger partial charge in [0, 0.05) is 26.8 Å². The number of nitrogens with zero attached hydrogens (tertiary/aromatic N) is 1. The van der Waals surface area contributed by atoms with Gasteiger partial charge in [-0.15, -0.1) is 0 Å². The van der Waals surface area contributed by atoms with E-state index in [0.29, 0.717) is 25.6 Å². The fourth-order valence-electron chi connectivity index (χ4n) is 1.94. The van der Waals surface area contributed by atoms with E-state index in [9.17, 15) is 9.59 Å². The molecule has 1 saturated heterocycles. The second-order valence-electron chi connectivity index (χ2n) is 4.11. The molecule has 0 spiro atoms. The summed E-state index contributed by atoms with van der Waals surface area (Å²) in [6.07, 6.45) is 2.45. The number of likely N-dealkylation sites (tertiary alicyclic amines) is 1. The molecular weight excluding hydrogens is 290 g/mol. The number of halogens is 1. The number of ether oxygens (including phenoxy) is 2. The first-order valence-electron chi connectivity index (χ1n) is 5.72. The summed E-state index contributed by atoms with van der Waals surface area (Å²) in [5, 5.41) is 0.0414. The smallest absolute Gasteiger partial charge is 0.385 e. The van der Waals surface area contributed by atoms with Crippen LogP contribution < -0.4 is 0 Å². The number of carbonyl (C=O) groups excluding carboxylic acids is 2. The van der Waals surface area contributed by atoms with Crippen molar-refractivity contribution in [1.82, 2.24) is 4.90 Å². The van der Waals surface area contributed by atoms with Crippen LogP contribution in [-0.2, 0) is 14.3 Å². The van der Waals surface area contributed by atoms with Crippen LogP contribution in [0.4, 0.5) is 4.79 Å². The maximum Gasteiger partial charge on any atom is 0.417 e. The predicted molar refractivity (Wildman–Crippen MR) is 66.1 cm³/mol. The van der Waals surface area contributed by atoms with Crippen LogP contribution in [0.25, 0.3) is 0 Å². The van der Waals surface area contributed by atoms with Crippen LogP contribution in [0.15, 0.2) is 0 Å². The van der Waals surface area contributed by atoms with Crippen LogP contribution in [0, 0.1) is 5.92 Å². The van der Waals surface area contributed by atoms with Gasteiger partial charge in [0.15, 0.2) is 0 Å². The van der Waals surface area contributed by atoms with Crippen molar-refractivity contribution in [2.75, 3.05) is 32.1 Å². The second kappa shape index (κ2) is 7.66. The third-order valence-electron chi connectivity index (χ3n) is 2.82. The van der Waals surface area contributed by atoms with Gasteiger partial charge >= 0.3 is 12.1 Å². The fourth-order valence-corrected chi connectivity index (χ4v) is 2.05. The molecule has 0 aliphatic carbocycles. The quantitative estimate of drug-likeness (QED) is 0.451. The van der Waals surface area contributed by atoms with Crippen LogP contribution in [0.2, 0.25) is 0 Å². The first-order chi connectivity index (χ1) is 8.17. The zero-order chi connectivity index (χ0) is 12.7. The van der Waals surface area contributed by atoms with Gasteiger partial charge in [0.05, 0.1) is 0 Å². The highest BCUT2D eigenvalue weighted by atomic mass is 79.9. The molecule has 1 amide bonds. The first kappa shape index (κ1) is 14.4. The van der Waals surface area contributed by atoms with Crippen LogP contribution in [0.3, 0.4) is 0 Å². The first-order valence-corrected chi connectivity index (χ1v) is 6.84. The molecule has 98 valence electrons. The summed E-state index contributed by atoms with van der Waals surface area (Å²) in [5.74, 6) is -0.107. The van der Waals surface area contributed by atoms with Crippen molar-refractivity contribution in [2.45, 2.75) is 19.3 Å². The van der Waals surface area contributed by atoms with Gasteiger partial charge < -0.3 is 14.4 Å². The fraction of sp³-hybridized carbons (Fsp3) is 0.818. The van der Waals surface area contributed by atoms with Crippen molar-refractivity contribution in [3.63, 3.8) is 0 Å². The van der Waals surface area contributed by atoms with Crippen LogP contribution in [0.5, 0.6) is 0 Å². The van der Waals surface area contributed by atoms with Gasteiger partial charge in [-0.1, -0.05) is 15.9 Å². The van der Waals surface area contributed by atoms with E-state index in [1.807, 2.05) is 0 Å². The second-order valence-corrected chi connectivity index (χ2v) is 4.67. The average Bonchev–Trinajstić information content (AvgIpc) is 2.36. The maximum absolute atomic E-state index is 11.6. The van der Waals surface area contributed by atoms with Crippen molar-refractivity contribution >= 4 is 28.0 Å². The lowest BCUT2D eigenvalue weighted by atomic mass is 9.95. The number of methoxy groups -OCH3 is 1. The average molecular weight is 308 g/mol. The monoisotopic (exact) mass is 307 g/mol. The van der Waals surface area contributed by atoms with Gasteiger partial charge in [-0.05, 0) is 25.2 Å². The molecule has 5 nitrogen and oxygen atoms in total. The van der Waals surface area contributed by atoms with Gasteiger partial charge in [-0.2, -0.15) is 0 Å². The summed E-state index contributed by atoms with van der Waals surface area (Å²) in [7, 11) is 1.67. The Labute approximate surface area is 110 Å². The number of hydrogen-bond donors (Lipinski definition) is 0. The van der Waals surface area contributed by atoms with E-state index < -0.39 is 12.1 Å². The Morgan fingerprint density at radius 2 is 2.24 bits per heavy atom. The molecule has 0 aromatic heterocycles. The molecule has 17 heavy (non-hydrogen) atoms. The number of piperidine rings is 1. The number of hydrogen-bond acceptors (Lipinski definition) is 4. The zero-order valence-electron chi connectivity index (χ0n) is 9.99. The van der Waals surface area contributed by atoms with E-state index in [4.69, 9.17) is 4.74 Å². The molecule has 0 radical (unpaired) electrons. The largest absolute Gasteiger partial charge is 0.417 e. The van der Waals surface area contributed by atoms with Gasteiger partial charge in [0.2, 0.25) is 0 Å². The lowest BCUT2D eigenvalue weighted by Crippen LogP contribution is -2.41. The minimum Gasteiger partial charge on any atom is -0.385 e. The van der Waals surface area contributed by atoms with Gasteiger partial charge in [0.25, 0.3) is 0 Å². The maximum atomic E-state index is 11.6. The molecule has 0 aromatic rings. The molecule has 1 atom stereocenters. The molecule has 0 bridgehead atoms. The predicted octanol–water partition coefficient (Wildman–Crippen LogP) is 1.79. The van der Waals surface area contributed by atoms with Crippen molar-refractivity contribution in [2.24, 2.45) is 5.92 Å². The third kappa shape index (κ3) is 5.04. The molecule has 0 saturated carbocycles. The molecule has 1 rings (SSSR count). The van der Waals surface area contributed by atoms with Crippen LogP contribution in [-0.4, -0.2) is 49.1 Å². The molecule has 6 heteroatoms. The number of rotatable bonds is 4. The lowest BCUT2D eigenvalue weighted by molar-refractivity contribution is -0.135. The van der Waals surface area contributed by atoms with Crippen molar-refractivity contribution in [1.29, 1.82) is 0 Å². The molecule has 1 aliphatic heterocycles. The highest BCUT2D eigenvalue weighted by Gasteiger charge is 2.25. The summed E-state index contributed by atoms with van der Waals surface area (Å²) in [6, 6.07) is 0. The number of carbonyl (C=O) groups is 2. The summed E-state index contributed by atoms with van der Waals surface area (Å²) in [5.41, 5.74) is 0. The highest BCUT2D eigenvalue weighted by molar-refractivity contribution is 9.09. The molecule has 0 N–H and O–H groups in total. The van der Waals surface area contributed by atoms with Crippen molar-refractivity contribution in [3.8, 4) is 0 Å². The van der Waals surface area contributed by atoms with Gasteiger partial charge in [0.1, 0.15) is 5.33 Å². The SMILES string of the molecule is COCCC1CCCN(C(=O)OC(=O)CBr)C1. The minimum absolute atomic E-state index is 0.0414. The van der Waals surface area contributed by atoms with E-state index in [1.54, 1.807) is 12.0 Å². The third-order valence-corrected chi connectivity index (χ3v) is 3.28. The Morgan fingerprint density at radius 1 is 1.47 bits per heavy atom. The van der Waals surface area contributed by atoms with Gasteiger partial charge in [-0.25, -0.2) is 4.79 Å². The standard InChI is InChI=1S/C11H18BrNO4/c1-16-6-4-9-3-2-5-13(8-9)11(15)17-10(14)7-12/h9H,2-8H2,1H3. The number of amides is 1. The van der Waals surface area contributed by atoms with E-state index in [-0.39, 0.29) is 5.33 Å². The Balaban J connectivity index is 2.37. The normalized spacial score (nSPS) is 20.1. The molecule has 1 fully saturated rings. The van der Waals surface area contributed by atoms with Crippen LogP contribution >= 0.6 is 15.9 Å². The molecular formula is C11H18BrNO4. The Bertz CT molecular complexity index is 272. The summed E-state index contributed by atoms with van der Waals surface area (Å²) in [4.78, 5) is 24.2. The summed E-state index contributed by atoms with van der Waals surface area (Å²) >= 11 is 2.95. The molecule has 1 aliphatic rings. The van der Waals surface area contributed by atoms with E-state index >= 15 is 0 Å². The van der Waals surface area contributed by atoms with Crippen molar-refractivity contribution < 1.29 is 19.1 Å². The highest BCUT2D eigenvalue weighted by Crippen LogP contribution is 2.20. The molecule has 1 unspecified atom stereocenters. The summed E-state index contributed by atoms with van der Waals surface area (Å²) in [6.45, 7) is 2.02. The van der Waals surface area contributed by atoms with E-state index in [0.717, 1.165) is 19.3 Å². The molecule has 1 heterocycles. The zero-order valence-corrected chi connectivity index (χ0v) is 11.6. The Hall–Kier alpha value is -0.620.